The minimum atomic E-state index is 0.553. The molecule has 0 bridgehead atoms. The summed E-state index contributed by atoms with van der Waals surface area (Å²) < 4.78 is 0.553. The maximum atomic E-state index is 3.99. The smallest absolute Gasteiger partial charge is 0.0281 e. The molecule has 19 heavy (non-hydrogen) atoms. The second-order valence-electron chi connectivity index (χ2n) is 7.13. The van der Waals surface area contributed by atoms with Gasteiger partial charge in [-0.15, -0.1) is 0 Å². The molecule has 112 valence electrons. The lowest BCUT2D eigenvalue weighted by Gasteiger charge is -2.41. The van der Waals surface area contributed by atoms with Crippen LogP contribution in [-0.2, 0) is 0 Å². The molecule has 2 aliphatic carbocycles. The van der Waals surface area contributed by atoms with E-state index in [4.69, 9.17) is 0 Å². The summed E-state index contributed by atoms with van der Waals surface area (Å²) in [5.41, 5.74) is 0. The fourth-order valence-electron chi connectivity index (χ4n) is 4.18. The normalized spacial score (nSPS) is 31.6. The summed E-state index contributed by atoms with van der Waals surface area (Å²) in [6.07, 6.45) is 15.3. The highest BCUT2D eigenvalue weighted by molar-refractivity contribution is 8.00. The van der Waals surface area contributed by atoms with Crippen molar-refractivity contribution in [1.29, 1.82) is 0 Å². The number of hydrogen-bond acceptors (Lipinski definition) is 2. The van der Waals surface area contributed by atoms with Gasteiger partial charge in [0.15, 0.2) is 0 Å². The summed E-state index contributed by atoms with van der Waals surface area (Å²) >= 11 is 2.13. The van der Waals surface area contributed by atoms with Crippen LogP contribution in [0.2, 0.25) is 0 Å². The average molecular weight is 284 g/mol. The molecular formula is C17H33NS. The van der Waals surface area contributed by atoms with E-state index in [-0.39, 0.29) is 0 Å². The first-order valence-corrected chi connectivity index (χ1v) is 9.68. The van der Waals surface area contributed by atoms with E-state index in [1.165, 1.54) is 64.3 Å². The van der Waals surface area contributed by atoms with Gasteiger partial charge in [-0.3, -0.25) is 0 Å². The quantitative estimate of drug-likeness (QED) is 0.773. The maximum Gasteiger partial charge on any atom is 0.0281 e. The van der Waals surface area contributed by atoms with Gasteiger partial charge in [-0.25, -0.2) is 0 Å². The van der Waals surface area contributed by atoms with Crippen molar-refractivity contribution >= 4 is 11.8 Å². The second-order valence-corrected chi connectivity index (χ2v) is 8.40. The van der Waals surface area contributed by atoms with Crippen molar-refractivity contribution in [2.45, 2.75) is 82.4 Å². The Morgan fingerprint density at radius 2 is 1.74 bits per heavy atom. The summed E-state index contributed by atoms with van der Waals surface area (Å²) in [5, 5.41) is 3.99. The lowest BCUT2D eigenvalue weighted by molar-refractivity contribution is 0.198. The van der Waals surface area contributed by atoms with E-state index in [1.807, 2.05) is 0 Å². The SMILES string of the molecule is CSC1(CNC2CCCCC2C(C)C)CCCCC1. The molecule has 0 amide bonds. The highest BCUT2D eigenvalue weighted by Crippen LogP contribution is 2.39. The molecule has 2 atom stereocenters. The van der Waals surface area contributed by atoms with Crippen LogP contribution in [0.4, 0.5) is 0 Å². The zero-order chi connectivity index (χ0) is 13.7. The summed E-state index contributed by atoms with van der Waals surface area (Å²) in [4.78, 5) is 0. The fourth-order valence-corrected chi connectivity index (χ4v) is 5.10. The van der Waals surface area contributed by atoms with E-state index in [9.17, 15) is 0 Å². The van der Waals surface area contributed by atoms with Crippen LogP contribution in [0.15, 0.2) is 0 Å². The molecule has 0 radical (unpaired) electrons. The van der Waals surface area contributed by atoms with Crippen LogP contribution in [0, 0.1) is 11.8 Å². The molecule has 2 rings (SSSR count). The van der Waals surface area contributed by atoms with Gasteiger partial charge in [0.1, 0.15) is 0 Å². The monoisotopic (exact) mass is 283 g/mol. The van der Waals surface area contributed by atoms with Crippen LogP contribution >= 0.6 is 11.8 Å². The Bertz CT molecular complexity index is 258. The number of nitrogens with one attached hydrogen (secondary N) is 1. The Hall–Kier alpha value is 0.310. The predicted octanol–water partition coefficient (Wildman–Crippen LogP) is 4.86. The van der Waals surface area contributed by atoms with E-state index >= 15 is 0 Å². The zero-order valence-electron chi connectivity index (χ0n) is 13.2. The molecule has 2 aliphatic rings. The molecule has 2 saturated carbocycles. The molecule has 2 unspecified atom stereocenters. The summed E-state index contributed by atoms with van der Waals surface area (Å²) in [5.74, 6) is 1.76. The largest absolute Gasteiger partial charge is 0.312 e. The number of rotatable bonds is 5. The summed E-state index contributed by atoms with van der Waals surface area (Å²) in [7, 11) is 0. The van der Waals surface area contributed by atoms with Crippen molar-refractivity contribution in [3.63, 3.8) is 0 Å². The van der Waals surface area contributed by atoms with Crippen molar-refractivity contribution in [2.24, 2.45) is 11.8 Å². The molecule has 0 heterocycles. The molecule has 1 nitrogen and oxygen atoms in total. The minimum absolute atomic E-state index is 0.553. The van der Waals surface area contributed by atoms with Gasteiger partial charge in [0, 0.05) is 17.3 Å². The lowest BCUT2D eigenvalue weighted by atomic mass is 9.77. The standard InChI is InChI=1S/C17H33NS/c1-14(2)15-9-5-6-10-16(15)18-13-17(19-3)11-7-4-8-12-17/h14-16,18H,4-13H2,1-3H3. The van der Waals surface area contributed by atoms with Crippen molar-refractivity contribution in [3.8, 4) is 0 Å². The van der Waals surface area contributed by atoms with E-state index in [1.54, 1.807) is 0 Å². The Morgan fingerprint density at radius 3 is 2.37 bits per heavy atom. The van der Waals surface area contributed by atoms with Gasteiger partial charge in [0.2, 0.25) is 0 Å². The van der Waals surface area contributed by atoms with Crippen molar-refractivity contribution in [1.82, 2.24) is 5.32 Å². The Kier molecular flexibility index (Phi) is 6.08. The van der Waals surface area contributed by atoms with Gasteiger partial charge < -0.3 is 5.32 Å². The summed E-state index contributed by atoms with van der Waals surface area (Å²) in [6, 6.07) is 0.791. The second kappa shape index (κ2) is 7.36. The van der Waals surface area contributed by atoms with Gasteiger partial charge in [0.05, 0.1) is 0 Å². The van der Waals surface area contributed by atoms with Gasteiger partial charge in [-0.05, 0) is 43.8 Å². The first kappa shape index (κ1) is 15.7. The van der Waals surface area contributed by atoms with Gasteiger partial charge in [0.25, 0.3) is 0 Å². The van der Waals surface area contributed by atoms with Crippen LogP contribution in [0.25, 0.3) is 0 Å². The predicted molar refractivity (Wildman–Crippen MR) is 87.9 cm³/mol. The first-order chi connectivity index (χ1) is 9.17. The van der Waals surface area contributed by atoms with Crippen LogP contribution in [-0.4, -0.2) is 23.6 Å². The Labute approximate surface area is 124 Å². The third-order valence-electron chi connectivity index (χ3n) is 5.56. The van der Waals surface area contributed by atoms with Crippen LogP contribution < -0.4 is 5.32 Å². The van der Waals surface area contributed by atoms with Crippen LogP contribution in [0.5, 0.6) is 0 Å². The van der Waals surface area contributed by atoms with E-state index < -0.39 is 0 Å². The average Bonchev–Trinajstić information content (AvgIpc) is 2.46. The molecule has 1 N–H and O–H groups in total. The Balaban J connectivity index is 1.88. The van der Waals surface area contributed by atoms with Gasteiger partial charge in [-0.2, -0.15) is 11.8 Å². The molecular weight excluding hydrogens is 250 g/mol. The van der Waals surface area contributed by atoms with Crippen LogP contribution in [0.1, 0.15) is 71.6 Å². The summed E-state index contributed by atoms with van der Waals surface area (Å²) in [6.45, 7) is 6.08. The third kappa shape index (κ3) is 4.14. The lowest BCUT2D eigenvalue weighted by Crippen LogP contribution is -2.48. The van der Waals surface area contributed by atoms with Crippen molar-refractivity contribution in [2.75, 3.05) is 12.8 Å². The topological polar surface area (TPSA) is 12.0 Å². The molecule has 0 aromatic carbocycles. The fraction of sp³-hybridized carbons (Fsp3) is 1.00. The van der Waals surface area contributed by atoms with Gasteiger partial charge in [-0.1, -0.05) is 46.0 Å². The maximum absolute atomic E-state index is 3.99. The third-order valence-corrected chi connectivity index (χ3v) is 6.98. The molecule has 0 aromatic rings. The first-order valence-electron chi connectivity index (χ1n) is 8.45. The zero-order valence-corrected chi connectivity index (χ0v) is 14.0. The highest BCUT2D eigenvalue weighted by atomic mass is 32.2. The number of thioether (sulfide) groups is 1. The van der Waals surface area contributed by atoms with E-state index in [0.717, 1.165) is 17.9 Å². The molecule has 2 heteroatoms. The minimum Gasteiger partial charge on any atom is -0.312 e. The van der Waals surface area contributed by atoms with Crippen molar-refractivity contribution < 1.29 is 0 Å². The highest BCUT2D eigenvalue weighted by Gasteiger charge is 2.34. The van der Waals surface area contributed by atoms with Crippen molar-refractivity contribution in [3.05, 3.63) is 0 Å². The van der Waals surface area contributed by atoms with Gasteiger partial charge >= 0.3 is 0 Å². The molecule has 0 aliphatic heterocycles. The number of hydrogen-bond donors (Lipinski definition) is 1. The molecule has 0 saturated heterocycles. The Morgan fingerprint density at radius 1 is 1.05 bits per heavy atom. The van der Waals surface area contributed by atoms with E-state index in [2.05, 4.69) is 37.2 Å². The molecule has 0 aromatic heterocycles. The molecule has 2 fully saturated rings. The van der Waals surface area contributed by atoms with Crippen LogP contribution in [0.3, 0.4) is 0 Å². The van der Waals surface area contributed by atoms with E-state index in [0.29, 0.717) is 4.75 Å². The molecule has 0 spiro atoms.